The number of nitrogens with zero attached hydrogens (tertiary/aromatic N) is 1. The number of nitrogens with two attached hydrogens (primary N) is 1. The molecule has 0 aromatic carbocycles. The number of thioether (sulfide) groups is 1. The SMILES string of the molecule is CCCC1CCN(C(CN)C2CCSC2)C1. The Balaban J connectivity index is 1.85. The van der Waals surface area contributed by atoms with Gasteiger partial charge in [0.05, 0.1) is 0 Å². The molecule has 2 heterocycles. The summed E-state index contributed by atoms with van der Waals surface area (Å²) in [5.74, 6) is 4.52. The Morgan fingerprint density at radius 2 is 2.31 bits per heavy atom. The van der Waals surface area contributed by atoms with Gasteiger partial charge in [0.2, 0.25) is 0 Å². The minimum Gasteiger partial charge on any atom is -0.329 e. The molecule has 3 atom stereocenters. The molecule has 0 aliphatic carbocycles. The molecular weight excluding hydrogens is 216 g/mol. The molecular formula is C13H26N2S. The molecule has 0 amide bonds. The van der Waals surface area contributed by atoms with E-state index in [1.807, 2.05) is 0 Å². The van der Waals surface area contributed by atoms with Crippen molar-refractivity contribution in [1.82, 2.24) is 4.90 Å². The van der Waals surface area contributed by atoms with Crippen molar-refractivity contribution in [3.05, 3.63) is 0 Å². The third kappa shape index (κ3) is 2.93. The van der Waals surface area contributed by atoms with Crippen LogP contribution < -0.4 is 5.73 Å². The Hall–Kier alpha value is 0.270. The Morgan fingerprint density at radius 1 is 1.44 bits per heavy atom. The highest BCUT2D eigenvalue weighted by Gasteiger charge is 2.33. The number of rotatable bonds is 5. The van der Waals surface area contributed by atoms with E-state index >= 15 is 0 Å². The highest BCUT2D eigenvalue weighted by molar-refractivity contribution is 7.99. The van der Waals surface area contributed by atoms with Crippen LogP contribution in [0.25, 0.3) is 0 Å². The molecule has 2 fully saturated rings. The van der Waals surface area contributed by atoms with Crippen molar-refractivity contribution in [2.45, 2.75) is 38.6 Å². The summed E-state index contributed by atoms with van der Waals surface area (Å²) in [6.07, 6.45) is 5.55. The normalized spacial score (nSPS) is 33.4. The molecule has 2 aliphatic rings. The summed E-state index contributed by atoms with van der Waals surface area (Å²) in [5, 5.41) is 0. The standard InChI is InChI=1S/C13H26N2S/c1-2-3-11-4-6-15(9-11)13(8-14)12-5-7-16-10-12/h11-13H,2-10,14H2,1H3. The van der Waals surface area contributed by atoms with Crippen molar-refractivity contribution in [3.8, 4) is 0 Å². The molecule has 2 N–H and O–H groups in total. The molecule has 0 radical (unpaired) electrons. The van der Waals surface area contributed by atoms with Gasteiger partial charge in [0, 0.05) is 19.1 Å². The first-order chi connectivity index (χ1) is 7.85. The van der Waals surface area contributed by atoms with E-state index in [4.69, 9.17) is 5.73 Å². The van der Waals surface area contributed by atoms with E-state index in [2.05, 4.69) is 23.6 Å². The monoisotopic (exact) mass is 242 g/mol. The van der Waals surface area contributed by atoms with E-state index < -0.39 is 0 Å². The second-order valence-electron chi connectivity index (χ2n) is 5.37. The van der Waals surface area contributed by atoms with Crippen molar-refractivity contribution >= 4 is 11.8 Å². The fraction of sp³-hybridized carbons (Fsp3) is 1.00. The summed E-state index contributed by atoms with van der Waals surface area (Å²) in [4.78, 5) is 2.69. The summed E-state index contributed by atoms with van der Waals surface area (Å²) in [6, 6.07) is 0.678. The van der Waals surface area contributed by atoms with E-state index in [9.17, 15) is 0 Å². The Labute approximate surface area is 104 Å². The Bertz CT molecular complexity index is 204. The molecule has 16 heavy (non-hydrogen) atoms. The van der Waals surface area contributed by atoms with E-state index in [0.717, 1.165) is 18.4 Å². The number of likely N-dealkylation sites (tertiary alicyclic amines) is 1. The van der Waals surface area contributed by atoms with Gasteiger partial charge in [-0.15, -0.1) is 0 Å². The van der Waals surface area contributed by atoms with Crippen molar-refractivity contribution in [2.75, 3.05) is 31.1 Å². The molecule has 2 rings (SSSR count). The van der Waals surface area contributed by atoms with Gasteiger partial charge < -0.3 is 5.73 Å². The van der Waals surface area contributed by atoms with Crippen LogP contribution in [0, 0.1) is 11.8 Å². The van der Waals surface area contributed by atoms with Crippen molar-refractivity contribution < 1.29 is 0 Å². The van der Waals surface area contributed by atoms with Crippen LogP contribution in [0.5, 0.6) is 0 Å². The van der Waals surface area contributed by atoms with Crippen molar-refractivity contribution in [2.24, 2.45) is 17.6 Å². The zero-order valence-electron chi connectivity index (χ0n) is 10.5. The van der Waals surface area contributed by atoms with Crippen LogP contribution in [0.15, 0.2) is 0 Å². The van der Waals surface area contributed by atoms with Crippen LogP contribution in [0.3, 0.4) is 0 Å². The van der Waals surface area contributed by atoms with Gasteiger partial charge in [-0.05, 0) is 49.1 Å². The minimum atomic E-state index is 0.678. The number of hydrogen-bond acceptors (Lipinski definition) is 3. The molecule has 0 spiro atoms. The second kappa shape index (κ2) is 6.27. The van der Waals surface area contributed by atoms with Crippen molar-refractivity contribution in [1.29, 1.82) is 0 Å². The lowest BCUT2D eigenvalue weighted by Gasteiger charge is -2.31. The quantitative estimate of drug-likeness (QED) is 0.801. The number of hydrogen-bond donors (Lipinski definition) is 1. The van der Waals surface area contributed by atoms with Crippen LogP contribution in [-0.4, -0.2) is 42.1 Å². The third-order valence-electron chi connectivity index (χ3n) is 4.23. The molecule has 0 aromatic rings. The zero-order chi connectivity index (χ0) is 11.4. The maximum absolute atomic E-state index is 6.00. The smallest absolute Gasteiger partial charge is 0.0254 e. The zero-order valence-corrected chi connectivity index (χ0v) is 11.3. The molecule has 2 saturated heterocycles. The first-order valence-corrected chi connectivity index (χ1v) is 8.02. The van der Waals surface area contributed by atoms with Gasteiger partial charge in [-0.25, -0.2) is 0 Å². The lowest BCUT2D eigenvalue weighted by molar-refractivity contribution is 0.183. The largest absolute Gasteiger partial charge is 0.329 e. The average molecular weight is 242 g/mol. The lowest BCUT2D eigenvalue weighted by atomic mass is 9.97. The van der Waals surface area contributed by atoms with E-state index in [0.29, 0.717) is 6.04 Å². The third-order valence-corrected chi connectivity index (χ3v) is 5.42. The first-order valence-electron chi connectivity index (χ1n) is 6.87. The van der Waals surface area contributed by atoms with Gasteiger partial charge in [0.25, 0.3) is 0 Å². The summed E-state index contributed by atoms with van der Waals surface area (Å²) >= 11 is 2.11. The van der Waals surface area contributed by atoms with Crippen LogP contribution in [0.4, 0.5) is 0 Å². The molecule has 0 aromatic heterocycles. The summed E-state index contributed by atoms with van der Waals surface area (Å²) < 4.78 is 0. The van der Waals surface area contributed by atoms with Crippen LogP contribution >= 0.6 is 11.8 Å². The fourth-order valence-electron chi connectivity index (χ4n) is 3.30. The topological polar surface area (TPSA) is 29.3 Å². The van der Waals surface area contributed by atoms with Gasteiger partial charge in [0.1, 0.15) is 0 Å². The maximum Gasteiger partial charge on any atom is 0.0254 e. The molecule has 3 unspecified atom stereocenters. The molecule has 0 saturated carbocycles. The average Bonchev–Trinajstić information content (AvgIpc) is 2.92. The van der Waals surface area contributed by atoms with Gasteiger partial charge >= 0.3 is 0 Å². The molecule has 3 heteroatoms. The van der Waals surface area contributed by atoms with E-state index in [1.54, 1.807) is 0 Å². The van der Waals surface area contributed by atoms with Gasteiger partial charge in [-0.1, -0.05) is 13.3 Å². The molecule has 2 nitrogen and oxygen atoms in total. The fourth-order valence-corrected chi connectivity index (χ4v) is 4.63. The predicted molar refractivity (Wildman–Crippen MR) is 72.9 cm³/mol. The Morgan fingerprint density at radius 3 is 2.94 bits per heavy atom. The lowest BCUT2D eigenvalue weighted by Crippen LogP contribution is -2.44. The van der Waals surface area contributed by atoms with Crippen molar-refractivity contribution in [3.63, 3.8) is 0 Å². The van der Waals surface area contributed by atoms with Crippen LogP contribution in [-0.2, 0) is 0 Å². The second-order valence-corrected chi connectivity index (χ2v) is 6.51. The summed E-state index contributed by atoms with van der Waals surface area (Å²) in [6.45, 7) is 5.78. The molecule has 0 bridgehead atoms. The first kappa shape index (κ1) is 12.7. The van der Waals surface area contributed by atoms with Gasteiger partial charge in [-0.2, -0.15) is 11.8 Å². The van der Waals surface area contributed by atoms with Crippen LogP contribution in [0.2, 0.25) is 0 Å². The highest BCUT2D eigenvalue weighted by atomic mass is 32.2. The minimum absolute atomic E-state index is 0.678. The maximum atomic E-state index is 6.00. The van der Waals surface area contributed by atoms with E-state index in [1.165, 1.54) is 50.3 Å². The Kier molecular flexibility index (Phi) is 4.98. The molecule has 94 valence electrons. The molecule has 2 aliphatic heterocycles. The summed E-state index contributed by atoms with van der Waals surface area (Å²) in [5.41, 5.74) is 6.00. The summed E-state index contributed by atoms with van der Waals surface area (Å²) in [7, 11) is 0. The van der Waals surface area contributed by atoms with Gasteiger partial charge in [-0.3, -0.25) is 4.90 Å². The van der Waals surface area contributed by atoms with Gasteiger partial charge in [0.15, 0.2) is 0 Å². The predicted octanol–water partition coefficient (Wildman–Crippen LogP) is 2.19. The van der Waals surface area contributed by atoms with Crippen LogP contribution in [0.1, 0.15) is 32.6 Å². The highest BCUT2D eigenvalue weighted by Crippen LogP contribution is 2.31. The van der Waals surface area contributed by atoms with E-state index in [-0.39, 0.29) is 0 Å².